The molecule has 1 saturated heterocycles. The Bertz CT molecular complexity index is 915. The zero-order valence-corrected chi connectivity index (χ0v) is 18.0. The Morgan fingerprint density at radius 2 is 1.81 bits per heavy atom. The molecule has 0 spiro atoms. The van der Waals surface area contributed by atoms with Gasteiger partial charge >= 0.3 is 0 Å². The molecule has 2 aliphatic rings. The van der Waals surface area contributed by atoms with Crippen LogP contribution in [0.15, 0.2) is 48.5 Å². The maximum Gasteiger partial charge on any atom is 0.265 e. The molecule has 8 heteroatoms. The molecule has 2 aliphatic heterocycles. The fraction of sp³-hybridized carbons (Fsp3) is 0.391. The van der Waals surface area contributed by atoms with Crippen molar-refractivity contribution in [1.29, 1.82) is 0 Å². The van der Waals surface area contributed by atoms with E-state index in [0.717, 1.165) is 17.7 Å². The smallest absolute Gasteiger partial charge is 0.265 e. The summed E-state index contributed by atoms with van der Waals surface area (Å²) in [6.07, 6.45) is 0.0793. The van der Waals surface area contributed by atoms with Crippen molar-refractivity contribution in [2.24, 2.45) is 0 Å². The molecule has 4 rings (SSSR count). The molecule has 7 nitrogen and oxygen atoms in total. The highest BCUT2D eigenvalue weighted by atomic mass is 35.5. The van der Waals surface area contributed by atoms with Gasteiger partial charge in [-0.3, -0.25) is 9.59 Å². The molecule has 1 unspecified atom stereocenters. The number of morpholine rings is 1. The average molecular weight is 444 g/mol. The highest BCUT2D eigenvalue weighted by molar-refractivity contribution is 6.30. The number of hydrogen-bond donors (Lipinski definition) is 1. The monoisotopic (exact) mass is 443 g/mol. The van der Waals surface area contributed by atoms with Crippen molar-refractivity contribution in [2.45, 2.75) is 12.5 Å². The van der Waals surface area contributed by atoms with E-state index in [9.17, 15) is 9.59 Å². The van der Waals surface area contributed by atoms with Gasteiger partial charge in [0, 0.05) is 24.7 Å². The summed E-state index contributed by atoms with van der Waals surface area (Å²) in [4.78, 5) is 29.3. The number of ether oxygens (including phenoxy) is 2. The summed E-state index contributed by atoms with van der Waals surface area (Å²) in [6.45, 7) is 3.22. The number of hydrogen-bond acceptors (Lipinski definition) is 5. The van der Waals surface area contributed by atoms with Gasteiger partial charge in [0.2, 0.25) is 5.91 Å². The third-order valence-electron chi connectivity index (χ3n) is 5.44. The molecule has 0 bridgehead atoms. The third kappa shape index (κ3) is 5.48. The molecule has 2 heterocycles. The number of halogens is 1. The topological polar surface area (TPSA) is 71.1 Å². The van der Waals surface area contributed by atoms with Crippen molar-refractivity contribution in [2.75, 3.05) is 50.8 Å². The molecule has 164 valence electrons. The van der Waals surface area contributed by atoms with E-state index in [0.29, 0.717) is 50.2 Å². The highest BCUT2D eigenvalue weighted by Gasteiger charge is 2.34. The van der Waals surface area contributed by atoms with Crippen molar-refractivity contribution in [3.63, 3.8) is 0 Å². The second kappa shape index (κ2) is 10.0. The van der Waals surface area contributed by atoms with Crippen LogP contribution < -0.4 is 15.0 Å². The molecule has 1 atom stereocenters. The first-order valence-corrected chi connectivity index (χ1v) is 10.9. The van der Waals surface area contributed by atoms with Gasteiger partial charge in [0.25, 0.3) is 5.91 Å². The van der Waals surface area contributed by atoms with Crippen LogP contribution in [-0.4, -0.2) is 68.8 Å². The van der Waals surface area contributed by atoms with Crippen molar-refractivity contribution in [3.8, 4) is 5.75 Å². The van der Waals surface area contributed by atoms with E-state index in [-0.39, 0.29) is 18.4 Å². The van der Waals surface area contributed by atoms with E-state index in [1.54, 1.807) is 4.90 Å². The van der Waals surface area contributed by atoms with Crippen LogP contribution in [0.5, 0.6) is 5.75 Å². The van der Waals surface area contributed by atoms with E-state index < -0.39 is 6.10 Å². The Balaban J connectivity index is 1.37. The zero-order valence-electron chi connectivity index (χ0n) is 17.3. The quantitative estimate of drug-likeness (QED) is 0.740. The summed E-state index contributed by atoms with van der Waals surface area (Å²) in [5, 5.41) is 3.66. The standard InChI is InChI=1S/C23H26ClN3O4/c24-18-7-5-17(6-8-18)9-10-25-22(28)16-27-15-21(23(29)26-11-13-30-14-12-26)31-20-4-2-1-3-19(20)27/h1-8,21H,9-16H2,(H,25,28). The number of rotatable bonds is 6. The predicted molar refractivity (Wildman–Crippen MR) is 119 cm³/mol. The van der Waals surface area contributed by atoms with Gasteiger partial charge < -0.3 is 24.6 Å². The molecule has 1 N–H and O–H groups in total. The number of nitrogens with one attached hydrogen (secondary N) is 1. The van der Waals surface area contributed by atoms with Gasteiger partial charge in [-0.15, -0.1) is 0 Å². The number of carbonyl (C=O) groups excluding carboxylic acids is 2. The number of fused-ring (bicyclic) bond motifs is 1. The van der Waals surface area contributed by atoms with E-state index in [1.165, 1.54) is 0 Å². The summed E-state index contributed by atoms with van der Waals surface area (Å²) < 4.78 is 11.3. The zero-order chi connectivity index (χ0) is 21.6. The van der Waals surface area contributed by atoms with Crippen molar-refractivity contribution >= 4 is 29.1 Å². The number of nitrogens with zero attached hydrogens (tertiary/aromatic N) is 2. The fourth-order valence-electron chi connectivity index (χ4n) is 3.80. The minimum atomic E-state index is -0.644. The molecule has 31 heavy (non-hydrogen) atoms. The second-order valence-corrected chi connectivity index (χ2v) is 8.06. The van der Waals surface area contributed by atoms with E-state index in [1.807, 2.05) is 53.4 Å². The van der Waals surface area contributed by atoms with Crippen LogP contribution in [-0.2, 0) is 20.7 Å². The minimum Gasteiger partial charge on any atom is -0.477 e. The molecule has 2 amide bonds. The molecular weight excluding hydrogens is 418 g/mol. The van der Waals surface area contributed by atoms with E-state index in [4.69, 9.17) is 21.1 Å². The van der Waals surface area contributed by atoms with Crippen LogP contribution in [0.1, 0.15) is 5.56 Å². The van der Waals surface area contributed by atoms with Crippen LogP contribution in [0, 0.1) is 0 Å². The molecule has 0 aliphatic carbocycles. The van der Waals surface area contributed by atoms with E-state index >= 15 is 0 Å². The van der Waals surface area contributed by atoms with E-state index in [2.05, 4.69) is 5.32 Å². The first kappa shape index (κ1) is 21.5. The van der Waals surface area contributed by atoms with Crippen LogP contribution in [0.3, 0.4) is 0 Å². The molecule has 0 aromatic heterocycles. The first-order valence-electron chi connectivity index (χ1n) is 10.5. The van der Waals surface area contributed by atoms with Crippen LogP contribution in [0.25, 0.3) is 0 Å². The maximum atomic E-state index is 13.0. The highest BCUT2D eigenvalue weighted by Crippen LogP contribution is 2.33. The van der Waals surface area contributed by atoms with Crippen molar-refractivity contribution in [1.82, 2.24) is 10.2 Å². The van der Waals surface area contributed by atoms with Crippen LogP contribution in [0.2, 0.25) is 5.02 Å². The second-order valence-electron chi connectivity index (χ2n) is 7.62. The SMILES string of the molecule is O=C(CN1CC(C(=O)N2CCOCC2)Oc2ccccc21)NCCc1ccc(Cl)cc1. The summed E-state index contributed by atoms with van der Waals surface area (Å²) in [6, 6.07) is 15.1. The van der Waals surface area contributed by atoms with Gasteiger partial charge in [-0.05, 0) is 36.2 Å². The fourth-order valence-corrected chi connectivity index (χ4v) is 3.93. The number of amides is 2. The van der Waals surface area contributed by atoms with Crippen molar-refractivity contribution < 1.29 is 19.1 Å². The Labute approximate surface area is 186 Å². The molecule has 2 aromatic rings. The van der Waals surface area contributed by atoms with Gasteiger partial charge in [-0.1, -0.05) is 35.9 Å². The first-order chi connectivity index (χ1) is 15.1. The van der Waals surface area contributed by atoms with Gasteiger partial charge in [0.1, 0.15) is 5.75 Å². The Morgan fingerprint density at radius 1 is 1.06 bits per heavy atom. The normalized spacial score (nSPS) is 18.2. The molecule has 2 aromatic carbocycles. The molecule has 0 radical (unpaired) electrons. The van der Waals surface area contributed by atoms with Crippen LogP contribution >= 0.6 is 11.6 Å². The lowest BCUT2D eigenvalue weighted by Crippen LogP contribution is -2.54. The van der Waals surface area contributed by atoms with Gasteiger partial charge in [0.05, 0.1) is 32.0 Å². The lowest BCUT2D eigenvalue weighted by molar-refractivity contribution is -0.142. The number of para-hydroxylation sites is 2. The third-order valence-corrected chi connectivity index (χ3v) is 5.70. The average Bonchev–Trinajstić information content (AvgIpc) is 2.80. The lowest BCUT2D eigenvalue weighted by Gasteiger charge is -2.38. The van der Waals surface area contributed by atoms with Gasteiger partial charge in [-0.25, -0.2) is 0 Å². The summed E-state index contributed by atoms with van der Waals surface area (Å²) in [7, 11) is 0. The van der Waals surface area contributed by atoms with Gasteiger partial charge in [0.15, 0.2) is 6.10 Å². The Kier molecular flexibility index (Phi) is 6.94. The summed E-state index contributed by atoms with van der Waals surface area (Å²) in [5.74, 6) is 0.462. The molecule has 1 fully saturated rings. The largest absolute Gasteiger partial charge is 0.477 e. The number of benzene rings is 2. The number of anilines is 1. The summed E-state index contributed by atoms with van der Waals surface area (Å²) in [5.41, 5.74) is 1.93. The lowest BCUT2D eigenvalue weighted by atomic mass is 10.1. The maximum absolute atomic E-state index is 13.0. The van der Waals surface area contributed by atoms with Crippen molar-refractivity contribution in [3.05, 3.63) is 59.1 Å². The van der Waals surface area contributed by atoms with Gasteiger partial charge in [-0.2, -0.15) is 0 Å². The number of carbonyl (C=O) groups is 2. The van der Waals surface area contributed by atoms with Crippen LogP contribution in [0.4, 0.5) is 5.69 Å². The predicted octanol–water partition coefficient (Wildman–Crippen LogP) is 2.13. The summed E-state index contributed by atoms with van der Waals surface area (Å²) >= 11 is 5.91. The minimum absolute atomic E-state index is 0.0639. The molecular formula is C23H26ClN3O4. The Hall–Kier alpha value is -2.77. The molecule has 0 saturated carbocycles. The Morgan fingerprint density at radius 3 is 2.58 bits per heavy atom.